The number of hydrogen-bond donors (Lipinski definition) is 0. The Labute approximate surface area is 137 Å². The van der Waals surface area contributed by atoms with Crippen molar-refractivity contribution in [2.24, 2.45) is 0 Å². The highest BCUT2D eigenvalue weighted by molar-refractivity contribution is 5.80. The maximum absolute atomic E-state index is 12.4. The van der Waals surface area contributed by atoms with E-state index in [1.807, 2.05) is 13.0 Å². The monoisotopic (exact) mass is 323 g/mol. The Kier molecular flexibility index (Phi) is 7.94. The maximum Gasteiger partial charge on any atom is 0.307 e. The minimum absolute atomic E-state index is 0.0553. The first-order valence-corrected chi connectivity index (χ1v) is 7.69. The molecule has 0 unspecified atom stereocenters. The molecule has 0 aliphatic rings. The van der Waals surface area contributed by atoms with Gasteiger partial charge in [0, 0.05) is 24.7 Å². The third-order valence-corrected chi connectivity index (χ3v) is 3.46. The van der Waals surface area contributed by atoms with Crippen LogP contribution in [0.4, 0.5) is 0 Å². The predicted molar refractivity (Wildman–Crippen MR) is 86.8 cm³/mol. The molecule has 0 saturated carbocycles. The normalized spacial score (nSPS) is 10.1. The van der Waals surface area contributed by atoms with Crippen LogP contribution in [0, 0.1) is 0 Å². The Hall–Kier alpha value is -2.24. The number of benzene rings is 1. The van der Waals surface area contributed by atoms with Gasteiger partial charge in [-0.25, -0.2) is 0 Å². The lowest BCUT2D eigenvalue weighted by molar-refractivity contribution is -0.144. The van der Waals surface area contributed by atoms with Crippen LogP contribution in [0.2, 0.25) is 0 Å². The van der Waals surface area contributed by atoms with E-state index in [1.54, 1.807) is 38.2 Å². The first kappa shape index (κ1) is 18.8. The molecule has 1 aromatic carbocycles. The van der Waals surface area contributed by atoms with Gasteiger partial charge < -0.3 is 19.1 Å². The molecule has 1 rings (SSSR count). The summed E-state index contributed by atoms with van der Waals surface area (Å²) in [6, 6.07) is 5.35. The molecule has 6 heteroatoms. The molecule has 0 heterocycles. The molecule has 0 spiro atoms. The van der Waals surface area contributed by atoms with Gasteiger partial charge in [-0.2, -0.15) is 0 Å². The number of esters is 1. The van der Waals surface area contributed by atoms with Crippen LogP contribution >= 0.6 is 0 Å². The van der Waals surface area contributed by atoms with Crippen molar-refractivity contribution in [3.8, 4) is 11.5 Å². The van der Waals surface area contributed by atoms with E-state index < -0.39 is 0 Å². The standard InChI is InChI=1S/C17H25NO5/c1-5-18(10-9-17(20)23-6-2)16(19)11-13-7-8-14(21-3)12-15(13)22-4/h7-8,12H,5-6,9-11H2,1-4H3. The lowest BCUT2D eigenvalue weighted by atomic mass is 10.1. The predicted octanol–water partition coefficient (Wildman–Crippen LogP) is 2.05. The lowest BCUT2D eigenvalue weighted by Crippen LogP contribution is -2.34. The van der Waals surface area contributed by atoms with Gasteiger partial charge in [0.1, 0.15) is 11.5 Å². The third kappa shape index (κ3) is 5.81. The summed E-state index contributed by atoms with van der Waals surface area (Å²) >= 11 is 0. The molecular formula is C17H25NO5. The van der Waals surface area contributed by atoms with E-state index in [9.17, 15) is 9.59 Å². The van der Waals surface area contributed by atoms with Crippen molar-refractivity contribution >= 4 is 11.9 Å². The highest BCUT2D eigenvalue weighted by atomic mass is 16.5. The Morgan fingerprint density at radius 1 is 1.13 bits per heavy atom. The number of nitrogens with zero attached hydrogens (tertiary/aromatic N) is 1. The third-order valence-electron chi connectivity index (χ3n) is 3.46. The number of ether oxygens (including phenoxy) is 3. The topological polar surface area (TPSA) is 65.1 Å². The lowest BCUT2D eigenvalue weighted by Gasteiger charge is -2.21. The molecule has 0 atom stereocenters. The van der Waals surface area contributed by atoms with Gasteiger partial charge in [-0.1, -0.05) is 6.07 Å². The van der Waals surface area contributed by atoms with Crippen LogP contribution in [-0.4, -0.2) is 50.7 Å². The summed E-state index contributed by atoms with van der Waals surface area (Å²) in [5.74, 6) is 0.938. The van der Waals surface area contributed by atoms with E-state index in [1.165, 1.54) is 0 Å². The van der Waals surface area contributed by atoms with E-state index in [0.717, 1.165) is 5.56 Å². The van der Waals surface area contributed by atoms with Gasteiger partial charge in [0.25, 0.3) is 0 Å². The fourth-order valence-electron chi connectivity index (χ4n) is 2.19. The van der Waals surface area contributed by atoms with E-state index >= 15 is 0 Å². The Morgan fingerprint density at radius 2 is 1.87 bits per heavy atom. The van der Waals surface area contributed by atoms with Gasteiger partial charge in [0.15, 0.2) is 0 Å². The smallest absolute Gasteiger partial charge is 0.307 e. The summed E-state index contributed by atoms with van der Waals surface area (Å²) < 4.78 is 15.3. The number of carbonyl (C=O) groups excluding carboxylic acids is 2. The van der Waals surface area contributed by atoms with Crippen molar-refractivity contribution in [2.45, 2.75) is 26.7 Å². The maximum atomic E-state index is 12.4. The van der Waals surface area contributed by atoms with Crippen LogP contribution in [-0.2, 0) is 20.7 Å². The molecule has 0 bridgehead atoms. The minimum Gasteiger partial charge on any atom is -0.497 e. The zero-order chi connectivity index (χ0) is 17.2. The highest BCUT2D eigenvalue weighted by Crippen LogP contribution is 2.25. The zero-order valence-corrected chi connectivity index (χ0v) is 14.3. The van der Waals surface area contributed by atoms with Crippen LogP contribution < -0.4 is 9.47 Å². The van der Waals surface area contributed by atoms with Gasteiger partial charge in [0.05, 0.1) is 33.7 Å². The second kappa shape index (κ2) is 9.71. The minimum atomic E-state index is -0.291. The van der Waals surface area contributed by atoms with E-state index in [4.69, 9.17) is 14.2 Å². The quantitative estimate of drug-likeness (QED) is 0.651. The number of hydrogen-bond acceptors (Lipinski definition) is 5. The van der Waals surface area contributed by atoms with E-state index in [2.05, 4.69) is 0 Å². The van der Waals surface area contributed by atoms with Crippen molar-refractivity contribution in [2.75, 3.05) is 33.9 Å². The van der Waals surface area contributed by atoms with Gasteiger partial charge in [-0.15, -0.1) is 0 Å². The summed E-state index contributed by atoms with van der Waals surface area (Å²) in [7, 11) is 3.13. The van der Waals surface area contributed by atoms with Crippen LogP contribution in [0.3, 0.4) is 0 Å². The van der Waals surface area contributed by atoms with E-state index in [0.29, 0.717) is 31.2 Å². The molecule has 0 aromatic heterocycles. The summed E-state index contributed by atoms with van der Waals surface area (Å²) in [6.07, 6.45) is 0.414. The number of carbonyl (C=O) groups is 2. The summed E-state index contributed by atoms with van der Waals surface area (Å²) in [6.45, 7) is 4.89. The molecule has 0 fully saturated rings. The fraction of sp³-hybridized carbons (Fsp3) is 0.529. The van der Waals surface area contributed by atoms with E-state index in [-0.39, 0.29) is 24.7 Å². The summed E-state index contributed by atoms with van der Waals surface area (Å²) in [5.41, 5.74) is 0.785. The van der Waals surface area contributed by atoms with Gasteiger partial charge in [-0.3, -0.25) is 9.59 Å². The highest BCUT2D eigenvalue weighted by Gasteiger charge is 2.16. The molecule has 0 aliphatic heterocycles. The summed E-state index contributed by atoms with van der Waals surface area (Å²) in [4.78, 5) is 25.5. The largest absolute Gasteiger partial charge is 0.497 e. The van der Waals surface area contributed by atoms with Crippen molar-refractivity contribution in [1.82, 2.24) is 4.90 Å². The van der Waals surface area contributed by atoms with Crippen molar-refractivity contribution in [3.05, 3.63) is 23.8 Å². The molecule has 0 radical (unpaired) electrons. The average Bonchev–Trinajstić information content (AvgIpc) is 2.56. The number of methoxy groups -OCH3 is 2. The molecule has 6 nitrogen and oxygen atoms in total. The second-order valence-electron chi connectivity index (χ2n) is 4.88. The molecule has 128 valence electrons. The van der Waals surface area contributed by atoms with Gasteiger partial charge in [-0.05, 0) is 19.9 Å². The SMILES string of the molecule is CCOC(=O)CCN(CC)C(=O)Cc1ccc(OC)cc1OC. The van der Waals surface area contributed by atoms with Crippen LogP contribution in [0.1, 0.15) is 25.8 Å². The molecule has 1 aromatic rings. The Morgan fingerprint density at radius 3 is 2.43 bits per heavy atom. The number of likely N-dealkylation sites (N-methyl/N-ethyl adjacent to an activating group) is 1. The van der Waals surface area contributed by atoms with Crippen molar-refractivity contribution in [3.63, 3.8) is 0 Å². The zero-order valence-electron chi connectivity index (χ0n) is 14.3. The first-order chi connectivity index (χ1) is 11.0. The van der Waals surface area contributed by atoms with Crippen LogP contribution in [0.5, 0.6) is 11.5 Å². The number of rotatable bonds is 9. The first-order valence-electron chi connectivity index (χ1n) is 7.69. The molecule has 23 heavy (non-hydrogen) atoms. The fourth-order valence-corrected chi connectivity index (χ4v) is 2.19. The van der Waals surface area contributed by atoms with Crippen LogP contribution in [0.25, 0.3) is 0 Å². The summed E-state index contributed by atoms with van der Waals surface area (Å²) in [5, 5.41) is 0. The van der Waals surface area contributed by atoms with Crippen molar-refractivity contribution in [1.29, 1.82) is 0 Å². The second-order valence-corrected chi connectivity index (χ2v) is 4.88. The molecule has 0 N–H and O–H groups in total. The molecule has 1 amide bonds. The Bertz CT molecular complexity index is 530. The van der Waals surface area contributed by atoms with Gasteiger partial charge >= 0.3 is 5.97 Å². The molecular weight excluding hydrogens is 298 g/mol. The Balaban J connectivity index is 2.70. The molecule has 0 saturated heterocycles. The average molecular weight is 323 g/mol. The van der Waals surface area contributed by atoms with Gasteiger partial charge in [0.2, 0.25) is 5.91 Å². The van der Waals surface area contributed by atoms with Crippen molar-refractivity contribution < 1.29 is 23.8 Å². The molecule has 0 aliphatic carbocycles. The number of amides is 1. The van der Waals surface area contributed by atoms with Crippen LogP contribution in [0.15, 0.2) is 18.2 Å².